The lowest BCUT2D eigenvalue weighted by atomic mass is 10.0. The minimum absolute atomic E-state index is 0.0377. The summed E-state index contributed by atoms with van der Waals surface area (Å²) < 4.78 is 34.8. The van der Waals surface area contributed by atoms with Crippen LogP contribution in [-0.4, -0.2) is 74.9 Å². The maximum absolute atomic E-state index is 12.9. The van der Waals surface area contributed by atoms with E-state index < -0.39 is 26.5 Å². The summed E-state index contributed by atoms with van der Waals surface area (Å²) in [7, 11) is 1.51. The molecule has 478 valence electrons. The van der Waals surface area contributed by atoms with Gasteiger partial charge in [-0.1, -0.05) is 361 Å². The van der Waals surface area contributed by atoms with E-state index in [2.05, 4.69) is 13.8 Å². The van der Waals surface area contributed by atoms with Crippen molar-refractivity contribution in [1.29, 1.82) is 0 Å². The van der Waals surface area contributed by atoms with Crippen LogP contribution in [-0.2, 0) is 32.7 Å². The normalized spacial score (nSPS) is 13.0. The fourth-order valence-electron chi connectivity index (χ4n) is 11.1. The molecule has 0 heterocycles. The van der Waals surface area contributed by atoms with E-state index in [1.165, 1.54) is 321 Å². The number of esters is 2. The van der Waals surface area contributed by atoms with Crippen molar-refractivity contribution in [3.8, 4) is 0 Å². The van der Waals surface area contributed by atoms with Crippen molar-refractivity contribution < 1.29 is 42.1 Å². The van der Waals surface area contributed by atoms with Crippen LogP contribution in [0.1, 0.15) is 386 Å². The molecule has 0 saturated carbocycles. The first-order chi connectivity index (χ1) is 39.0. The number of carbonyl (C=O) groups is 2. The molecule has 9 nitrogen and oxygen atoms in total. The number of carbonyl (C=O) groups excluding carboxylic acids is 2. The lowest BCUT2D eigenvalue weighted by Gasteiger charge is -2.24. The molecule has 10 heteroatoms. The van der Waals surface area contributed by atoms with Crippen LogP contribution in [0.2, 0.25) is 0 Å². The van der Waals surface area contributed by atoms with Crippen molar-refractivity contribution in [3.63, 3.8) is 0 Å². The zero-order valence-electron chi connectivity index (χ0n) is 54.6. The summed E-state index contributed by atoms with van der Waals surface area (Å²) in [5.74, 6) is -0.767. The summed E-state index contributed by atoms with van der Waals surface area (Å²) >= 11 is 0. The first kappa shape index (κ1) is 79.0. The Morgan fingerprint density at radius 3 is 0.800 bits per heavy atom. The van der Waals surface area contributed by atoms with Gasteiger partial charge in [0, 0.05) is 12.8 Å². The van der Waals surface area contributed by atoms with Crippen LogP contribution in [0, 0.1) is 0 Å². The highest BCUT2D eigenvalue weighted by Crippen LogP contribution is 2.43. The average Bonchev–Trinajstić information content (AvgIpc) is 3.42. The monoisotopic (exact) mass is 1160 g/mol. The minimum Gasteiger partial charge on any atom is -0.462 e. The molecule has 2 unspecified atom stereocenters. The second kappa shape index (κ2) is 62.5. The molecule has 0 aliphatic carbocycles. The van der Waals surface area contributed by atoms with Crippen molar-refractivity contribution >= 4 is 19.8 Å². The average molecular weight is 1160 g/mol. The molecule has 0 amide bonds. The maximum Gasteiger partial charge on any atom is 0.472 e. The summed E-state index contributed by atoms with van der Waals surface area (Å²) in [4.78, 5) is 35.9. The van der Waals surface area contributed by atoms with E-state index in [-0.39, 0.29) is 25.6 Å². The van der Waals surface area contributed by atoms with Crippen molar-refractivity contribution in [3.05, 3.63) is 0 Å². The Balaban J connectivity index is 3.95. The molecule has 0 aromatic carbocycles. The van der Waals surface area contributed by atoms with Gasteiger partial charge in [-0.15, -0.1) is 0 Å². The number of rotatable bonds is 68. The van der Waals surface area contributed by atoms with Gasteiger partial charge in [0.25, 0.3) is 0 Å². The number of quaternary nitrogens is 1. The van der Waals surface area contributed by atoms with Crippen LogP contribution in [0.15, 0.2) is 0 Å². The lowest BCUT2D eigenvalue weighted by molar-refractivity contribution is -0.870. The molecule has 0 aliphatic rings. The summed E-state index contributed by atoms with van der Waals surface area (Å²) in [6, 6.07) is 0. The van der Waals surface area contributed by atoms with Crippen molar-refractivity contribution in [2.75, 3.05) is 47.5 Å². The van der Waals surface area contributed by atoms with Crippen LogP contribution < -0.4 is 0 Å². The van der Waals surface area contributed by atoms with E-state index in [1.807, 2.05) is 21.1 Å². The summed E-state index contributed by atoms with van der Waals surface area (Å²) in [5, 5.41) is 0. The van der Waals surface area contributed by atoms with Crippen molar-refractivity contribution in [2.45, 2.75) is 392 Å². The van der Waals surface area contributed by atoms with Gasteiger partial charge in [0.2, 0.25) is 0 Å². The summed E-state index contributed by atoms with van der Waals surface area (Å²) in [6.45, 7) is 4.53. The smallest absolute Gasteiger partial charge is 0.462 e. The number of likely N-dealkylation sites (N-methyl/N-ethyl adjacent to an activating group) is 1. The van der Waals surface area contributed by atoms with Gasteiger partial charge in [-0.3, -0.25) is 18.6 Å². The molecule has 80 heavy (non-hydrogen) atoms. The molecule has 0 bridgehead atoms. The molecule has 0 aliphatic heterocycles. The molecule has 2 atom stereocenters. The van der Waals surface area contributed by atoms with E-state index in [1.54, 1.807) is 0 Å². The first-order valence-electron chi connectivity index (χ1n) is 35.8. The van der Waals surface area contributed by atoms with Crippen LogP contribution in [0.5, 0.6) is 0 Å². The minimum atomic E-state index is -4.38. The number of phosphoric ester groups is 1. The molecule has 0 spiro atoms. The fourth-order valence-corrected chi connectivity index (χ4v) is 11.9. The molecule has 0 aromatic heterocycles. The van der Waals surface area contributed by atoms with Gasteiger partial charge in [-0.25, -0.2) is 4.57 Å². The van der Waals surface area contributed by atoms with Gasteiger partial charge in [-0.05, 0) is 12.8 Å². The Kier molecular flexibility index (Phi) is 61.8. The molecular formula is C70H141NO8P+. The number of nitrogens with zero attached hydrogens (tertiary/aromatic N) is 1. The highest BCUT2D eigenvalue weighted by Gasteiger charge is 2.27. The van der Waals surface area contributed by atoms with Gasteiger partial charge in [0.15, 0.2) is 6.10 Å². The third-order valence-electron chi connectivity index (χ3n) is 16.6. The second-order valence-electron chi connectivity index (χ2n) is 26.0. The Hall–Kier alpha value is -0.990. The SMILES string of the molecule is CCCCCCCCCCCCCCCCCCCCCCCCCCCCCCCCCCC(=O)OC(COC(=O)CCCCCCCCCCCCCCCCCCCCCCCCCC)COP(=O)(O)OCC[N+](C)(C)C. The van der Waals surface area contributed by atoms with Gasteiger partial charge in [-0.2, -0.15) is 0 Å². The number of hydrogen-bond acceptors (Lipinski definition) is 7. The molecular weight excluding hydrogens is 1010 g/mol. The predicted molar refractivity (Wildman–Crippen MR) is 345 cm³/mol. The molecule has 0 rings (SSSR count). The zero-order valence-corrected chi connectivity index (χ0v) is 55.5. The second-order valence-corrected chi connectivity index (χ2v) is 27.5. The van der Waals surface area contributed by atoms with Gasteiger partial charge in [0.1, 0.15) is 19.8 Å². The largest absolute Gasteiger partial charge is 0.472 e. The Bertz CT molecular complexity index is 1310. The van der Waals surface area contributed by atoms with Gasteiger partial charge in [0.05, 0.1) is 27.7 Å². The Morgan fingerprint density at radius 1 is 0.338 bits per heavy atom. The van der Waals surface area contributed by atoms with E-state index >= 15 is 0 Å². The molecule has 0 saturated heterocycles. The zero-order chi connectivity index (χ0) is 58.4. The van der Waals surface area contributed by atoms with E-state index in [4.69, 9.17) is 18.5 Å². The molecule has 1 N–H and O–H groups in total. The topological polar surface area (TPSA) is 108 Å². The van der Waals surface area contributed by atoms with Crippen molar-refractivity contribution in [1.82, 2.24) is 0 Å². The fraction of sp³-hybridized carbons (Fsp3) is 0.971. The quantitative estimate of drug-likeness (QED) is 0.0278. The number of unbranched alkanes of at least 4 members (excludes halogenated alkanes) is 54. The standard InChI is InChI=1S/C70H140NO8P/c1-6-8-10-12-14-16-18-20-22-24-26-28-30-32-33-34-35-36-37-38-39-41-43-45-47-49-51-53-55-57-59-61-63-70(73)79-68(67-78-80(74,75)77-65-64-71(3,4)5)66-76-69(72)62-60-58-56-54-52-50-48-46-44-42-40-31-29-27-25-23-21-19-17-15-13-11-9-7-2/h68H,6-67H2,1-5H3/p+1. The highest BCUT2D eigenvalue weighted by molar-refractivity contribution is 7.47. The third-order valence-corrected chi connectivity index (χ3v) is 17.6. The van der Waals surface area contributed by atoms with Crippen LogP contribution >= 0.6 is 7.82 Å². The number of phosphoric acid groups is 1. The number of ether oxygens (including phenoxy) is 2. The first-order valence-corrected chi connectivity index (χ1v) is 37.3. The van der Waals surface area contributed by atoms with E-state index in [0.717, 1.165) is 38.5 Å². The Labute approximate surface area is 499 Å². The lowest BCUT2D eigenvalue weighted by Crippen LogP contribution is -2.37. The van der Waals surface area contributed by atoms with Crippen molar-refractivity contribution in [2.24, 2.45) is 0 Å². The molecule has 0 radical (unpaired) electrons. The highest BCUT2D eigenvalue weighted by atomic mass is 31.2. The third kappa shape index (κ3) is 66.2. The van der Waals surface area contributed by atoms with Crippen LogP contribution in [0.4, 0.5) is 0 Å². The van der Waals surface area contributed by atoms with Crippen LogP contribution in [0.3, 0.4) is 0 Å². The Morgan fingerprint density at radius 2 is 0.562 bits per heavy atom. The maximum atomic E-state index is 12.9. The van der Waals surface area contributed by atoms with E-state index in [9.17, 15) is 19.0 Å². The predicted octanol–water partition coefficient (Wildman–Crippen LogP) is 22.9. The molecule has 0 fully saturated rings. The van der Waals surface area contributed by atoms with Crippen LogP contribution in [0.25, 0.3) is 0 Å². The van der Waals surface area contributed by atoms with E-state index in [0.29, 0.717) is 17.4 Å². The molecule has 0 aromatic rings. The van der Waals surface area contributed by atoms with Gasteiger partial charge < -0.3 is 18.9 Å². The number of hydrogen-bond donors (Lipinski definition) is 1. The van der Waals surface area contributed by atoms with Gasteiger partial charge >= 0.3 is 19.8 Å². The summed E-state index contributed by atoms with van der Waals surface area (Å²) in [6.07, 6.45) is 75.1. The summed E-state index contributed by atoms with van der Waals surface area (Å²) in [5.41, 5.74) is 0.